The van der Waals surface area contributed by atoms with Crippen LogP contribution in [0.15, 0.2) is 42.6 Å². The molecule has 0 spiro atoms. The van der Waals surface area contributed by atoms with Crippen LogP contribution in [-0.2, 0) is 0 Å². The Balaban J connectivity index is 1.81. The highest BCUT2D eigenvalue weighted by molar-refractivity contribution is 6.30. The zero-order chi connectivity index (χ0) is 13.9. The van der Waals surface area contributed by atoms with E-state index in [1.54, 1.807) is 12.1 Å². The first-order valence-electron chi connectivity index (χ1n) is 6.38. The van der Waals surface area contributed by atoms with Gasteiger partial charge < -0.3 is 10.1 Å². The van der Waals surface area contributed by atoms with Crippen LogP contribution in [0.4, 0.5) is 0 Å². The van der Waals surface area contributed by atoms with Gasteiger partial charge in [-0.2, -0.15) is 0 Å². The molecule has 0 saturated heterocycles. The third-order valence-corrected chi connectivity index (χ3v) is 3.45. The molecule has 1 aliphatic rings. The fourth-order valence-electron chi connectivity index (χ4n) is 2.25. The molecule has 102 valence electrons. The van der Waals surface area contributed by atoms with Gasteiger partial charge >= 0.3 is 0 Å². The maximum Gasteiger partial charge on any atom is 0.270 e. The number of hydrogen-bond donors (Lipinski definition) is 1. The van der Waals surface area contributed by atoms with Crippen molar-refractivity contribution in [3.05, 3.63) is 58.9 Å². The number of halogens is 1. The lowest BCUT2D eigenvalue weighted by Crippen LogP contribution is -2.32. The van der Waals surface area contributed by atoms with Crippen molar-refractivity contribution in [1.29, 1.82) is 0 Å². The molecule has 0 radical (unpaired) electrons. The summed E-state index contributed by atoms with van der Waals surface area (Å²) >= 11 is 5.87. The second-order valence-corrected chi connectivity index (χ2v) is 5.00. The Labute approximate surface area is 121 Å². The molecular formula is C15H13ClN2O2. The first kappa shape index (κ1) is 12.9. The molecule has 0 aliphatic carbocycles. The first-order chi connectivity index (χ1) is 9.74. The van der Waals surface area contributed by atoms with Crippen molar-refractivity contribution in [2.75, 3.05) is 6.61 Å². The van der Waals surface area contributed by atoms with Crippen molar-refractivity contribution in [2.45, 2.75) is 12.5 Å². The Morgan fingerprint density at radius 1 is 1.35 bits per heavy atom. The SMILES string of the molecule is O=C(N[C@@H]1CCOc2ccccc21)c1cc(Cl)ccn1. The molecule has 1 aromatic heterocycles. The molecule has 5 heteroatoms. The lowest BCUT2D eigenvalue weighted by Gasteiger charge is -2.26. The summed E-state index contributed by atoms with van der Waals surface area (Å²) in [5.74, 6) is 0.595. The fourth-order valence-corrected chi connectivity index (χ4v) is 2.41. The van der Waals surface area contributed by atoms with Crippen LogP contribution in [-0.4, -0.2) is 17.5 Å². The van der Waals surface area contributed by atoms with E-state index in [4.69, 9.17) is 16.3 Å². The van der Waals surface area contributed by atoms with Gasteiger partial charge in [0.1, 0.15) is 11.4 Å². The number of fused-ring (bicyclic) bond motifs is 1. The van der Waals surface area contributed by atoms with Gasteiger partial charge in [0.05, 0.1) is 12.6 Å². The third-order valence-electron chi connectivity index (χ3n) is 3.22. The molecule has 20 heavy (non-hydrogen) atoms. The van der Waals surface area contributed by atoms with Gasteiger partial charge in [0.25, 0.3) is 5.91 Å². The third kappa shape index (κ3) is 2.60. The minimum atomic E-state index is -0.228. The number of carbonyl (C=O) groups excluding carboxylic acids is 1. The van der Waals surface area contributed by atoms with E-state index in [0.717, 1.165) is 17.7 Å². The second-order valence-electron chi connectivity index (χ2n) is 4.56. The number of pyridine rings is 1. The number of aromatic nitrogens is 1. The Kier molecular flexibility index (Phi) is 3.56. The maximum atomic E-state index is 12.2. The smallest absolute Gasteiger partial charge is 0.270 e. The first-order valence-corrected chi connectivity index (χ1v) is 6.76. The molecule has 3 rings (SSSR count). The quantitative estimate of drug-likeness (QED) is 0.924. The molecule has 0 bridgehead atoms. The number of hydrogen-bond acceptors (Lipinski definition) is 3. The van der Waals surface area contributed by atoms with E-state index in [1.165, 1.54) is 6.20 Å². The summed E-state index contributed by atoms with van der Waals surface area (Å²) < 4.78 is 5.57. The van der Waals surface area contributed by atoms with E-state index < -0.39 is 0 Å². The van der Waals surface area contributed by atoms with Crippen LogP contribution in [0.1, 0.15) is 28.5 Å². The molecule has 0 unspecified atom stereocenters. The van der Waals surface area contributed by atoms with E-state index in [9.17, 15) is 4.79 Å². The van der Waals surface area contributed by atoms with Crippen LogP contribution in [0.5, 0.6) is 5.75 Å². The van der Waals surface area contributed by atoms with E-state index in [1.807, 2.05) is 24.3 Å². The molecule has 1 aliphatic heterocycles. The number of carbonyl (C=O) groups is 1. The van der Waals surface area contributed by atoms with E-state index in [0.29, 0.717) is 17.3 Å². The molecule has 0 fully saturated rings. The van der Waals surface area contributed by atoms with Gasteiger partial charge in [-0.15, -0.1) is 0 Å². The van der Waals surface area contributed by atoms with Crippen LogP contribution in [0, 0.1) is 0 Å². The zero-order valence-electron chi connectivity index (χ0n) is 10.7. The van der Waals surface area contributed by atoms with Gasteiger partial charge in [0, 0.05) is 23.2 Å². The summed E-state index contributed by atoms with van der Waals surface area (Å²) in [6.07, 6.45) is 2.26. The number of nitrogens with zero attached hydrogens (tertiary/aromatic N) is 1. The Hall–Kier alpha value is -2.07. The largest absolute Gasteiger partial charge is 0.493 e. The normalized spacial score (nSPS) is 16.9. The zero-order valence-corrected chi connectivity index (χ0v) is 11.4. The lowest BCUT2D eigenvalue weighted by molar-refractivity contribution is 0.0919. The number of amides is 1. The van der Waals surface area contributed by atoms with Crippen molar-refractivity contribution in [2.24, 2.45) is 0 Å². The number of rotatable bonds is 2. The molecular weight excluding hydrogens is 276 g/mol. The highest BCUT2D eigenvalue weighted by atomic mass is 35.5. The highest BCUT2D eigenvalue weighted by Gasteiger charge is 2.23. The molecule has 1 atom stereocenters. The number of para-hydroxylation sites is 1. The van der Waals surface area contributed by atoms with Crippen molar-refractivity contribution >= 4 is 17.5 Å². The van der Waals surface area contributed by atoms with Gasteiger partial charge in [0.2, 0.25) is 0 Å². The number of nitrogens with one attached hydrogen (secondary N) is 1. The predicted octanol–water partition coefficient (Wildman–Crippen LogP) is 2.99. The highest BCUT2D eigenvalue weighted by Crippen LogP contribution is 2.31. The van der Waals surface area contributed by atoms with Crippen molar-refractivity contribution in [3.63, 3.8) is 0 Å². The Morgan fingerprint density at radius 2 is 2.20 bits per heavy atom. The molecule has 2 aromatic rings. The van der Waals surface area contributed by atoms with Gasteiger partial charge in [0.15, 0.2) is 0 Å². The van der Waals surface area contributed by atoms with E-state index in [-0.39, 0.29) is 11.9 Å². The van der Waals surface area contributed by atoms with Crippen LogP contribution in [0.25, 0.3) is 0 Å². The minimum absolute atomic E-state index is 0.0618. The fraction of sp³-hybridized carbons (Fsp3) is 0.200. The Morgan fingerprint density at radius 3 is 3.05 bits per heavy atom. The Bertz CT molecular complexity index is 645. The molecule has 1 amide bonds. The summed E-state index contributed by atoms with van der Waals surface area (Å²) in [5.41, 5.74) is 1.32. The molecule has 1 N–H and O–H groups in total. The van der Waals surface area contributed by atoms with Crippen LogP contribution in [0.2, 0.25) is 5.02 Å². The monoisotopic (exact) mass is 288 g/mol. The summed E-state index contributed by atoms with van der Waals surface area (Å²) in [6.45, 7) is 0.588. The minimum Gasteiger partial charge on any atom is -0.493 e. The second kappa shape index (κ2) is 5.51. The maximum absolute atomic E-state index is 12.2. The number of ether oxygens (including phenoxy) is 1. The standard InChI is InChI=1S/C15H13ClN2O2/c16-10-5-7-17-13(9-10)15(19)18-12-6-8-20-14-4-2-1-3-11(12)14/h1-5,7,9,12H,6,8H2,(H,18,19)/t12-/m1/s1. The summed E-state index contributed by atoms with van der Waals surface area (Å²) in [4.78, 5) is 16.2. The number of benzene rings is 1. The van der Waals surface area contributed by atoms with Crippen molar-refractivity contribution < 1.29 is 9.53 Å². The summed E-state index contributed by atoms with van der Waals surface area (Å²) in [5, 5.41) is 3.48. The van der Waals surface area contributed by atoms with E-state index in [2.05, 4.69) is 10.3 Å². The summed E-state index contributed by atoms with van der Waals surface area (Å²) in [7, 11) is 0. The van der Waals surface area contributed by atoms with Crippen LogP contribution < -0.4 is 10.1 Å². The van der Waals surface area contributed by atoms with Gasteiger partial charge in [-0.05, 0) is 18.2 Å². The molecule has 1 aromatic carbocycles. The topological polar surface area (TPSA) is 51.2 Å². The van der Waals surface area contributed by atoms with Crippen LogP contribution in [0.3, 0.4) is 0 Å². The van der Waals surface area contributed by atoms with Gasteiger partial charge in [-0.25, -0.2) is 0 Å². The van der Waals surface area contributed by atoms with Crippen molar-refractivity contribution in [1.82, 2.24) is 10.3 Å². The van der Waals surface area contributed by atoms with E-state index >= 15 is 0 Å². The average molecular weight is 289 g/mol. The molecule has 4 nitrogen and oxygen atoms in total. The average Bonchev–Trinajstić information content (AvgIpc) is 2.47. The van der Waals surface area contributed by atoms with Gasteiger partial charge in [-0.3, -0.25) is 9.78 Å². The van der Waals surface area contributed by atoms with Crippen LogP contribution >= 0.6 is 11.6 Å². The van der Waals surface area contributed by atoms with Crippen molar-refractivity contribution in [3.8, 4) is 5.75 Å². The molecule has 0 saturated carbocycles. The lowest BCUT2D eigenvalue weighted by atomic mass is 10.0. The predicted molar refractivity (Wildman–Crippen MR) is 76.0 cm³/mol. The molecule has 2 heterocycles. The summed E-state index contributed by atoms with van der Waals surface area (Å²) in [6, 6.07) is 10.9. The van der Waals surface area contributed by atoms with Gasteiger partial charge in [-0.1, -0.05) is 29.8 Å².